The van der Waals surface area contributed by atoms with Gasteiger partial charge in [0.25, 0.3) is 0 Å². The average molecular weight is 421 g/mol. The summed E-state index contributed by atoms with van der Waals surface area (Å²) < 4.78 is 5.36. The number of hydrogen-bond acceptors (Lipinski definition) is 6. The third-order valence-corrected chi connectivity index (χ3v) is 9.71. The molecule has 0 aromatic carbocycles. The van der Waals surface area contributed by atoms with Gasteiger partial charge in [-0.3, -0.25) is 9.59 Å². The van der Waals surface area contributed by atoms with Gasteiger partial charge in [-0.15, -0.1) is 0 Å². The maximum absolute atomic E-state index is 13.4. The van der Waals surface area contributed by atoms with E-state index in [4.69, 9.17) is 4.74 Å². The second-order valence-electron chi connectivity index (χ2n) is 10.8. The van der Waals surface area contributed by atoms with E-state index >= 15 is 0 Å². The number of allylic oxidation sites excluding steroid dienone is 1. The molecule has 3 fully saturated rings. The standard InChI is InChI=1S/C24H36O6/c1-5-30-13-19(27)15-7-9-24(29)16-10-20(28)23(4)12-18(26)17(25)11-22(23,3)14(16)6-8-21(15,24)2/h10,14-15,17-18,25-26,29H,5-9,11-13H2,1-4H3/t14?,15-,17+,18-,21-,22-,23+,24-/m1/s1. The molecule has 0 saturated heterocycles. The predicted octanol–water partition coefficient (Wildman–Crippen LogP) is 2.19. The number of aliphatic hydroxyl groups is 3. The average Bonchev–Trinajstić information content (AvgIpc) is 2.96. The summed E-state index contributed by atoms with van der Waals surface area (Å²) in [6.07, 6.45) is 2.90. The Morgan fingerprint density at radius 1 is 1.10 bits per heavy atom. The third-order valence-electron chi connectivity index (χ3n) is 9.71. The first-order valence-electron chi connectivity index (χ1n) is 11.4. The topological polar surface area (TPSA) is 104 Å². The molecule has 4 aliphatic carbocycles. The van der Waals surface area contributed by atoms with Crippen molar-refractivity contribution in [2.75, 3.05) is 13.2 Å². The molecule has 3 saturated carbocycles. The predicted molar refractivity (Wildman–Crippen MR) is 111 cm³/mol. The molecule has 0 heterocycles. The van der Waals surface area contributed by atoms with Gasteiger partial charge in [0.05, 0.1) is 17.8 Å². The van der Waals surface area contributed by atoms with Crippen LogP contribution in [0.4, 0.5) is 0 Å². The highest BCUT2D eigenvalue weighted by Gasteiger charge is 2.69. The maximum Gasteiger partial charge on any atom is 0.162 e. The van der Waals surface area contributed by atoms with Crippen molar-refractivity contribution in [3.05, 3.63) is 11.6 Å². The normalized spacial score (nSPS) is 50.4. The van der Waals surface area contributed by atoms with Gasteiger partial charge in [0.2, 0.25) is 0 Å². The monoisotopic (exact) mass is 420 g/mol. The van der Waals surface area contributed by atoms with E-state index in [2.05, 4.69) is 0 Å². The van der Waals surface area contributed by atoms with E-state index in [9.17, 15) is 24.9 Å². The summed E-state index contributed by atoms with van der Waals surface area (Å²) in [6, 6.07) is 0. The molecule has 0 aromatic heterocycles. The third kappa shape index (κ3) is 2.63. The van der Waals surface area contributed by atoms with Gasteiger partial charge in [-0.05, 0) is 68.4 Å². The Labute approximate surface area is 178 Å². The van der Waals surface area contributed by atoms with E-state index in [-0.39, 0.29) is 36.4 Å². The lowest BCUT2D eigenvalue weighted by Crippen LogP contribution is -2.64. The van der Waals surface area contributed by atoms with Crippen LogP contribution in [0.1, 0.15) is 66.2 Å². The summed E-state index contributed by atoms with van der Waals surface area (Å²) in [4.78, 5) is 26.3. The molecule has 4 rings (SSSR count). The molecule has 3 N–H and O–H groups in total. The lowest BCUT2D eigenvalue weighted by atomic mass is 9.41. The highest BCUT2D eigenvalue weighted by atomic mass is 16.5. The van der Waals surface area contributed by atoms with Gasteiger partial charge in [0.1, 0.15) is 6.61 Å². The van der Waals surface area contributed by atoms with Crippen molar-refractivity contribution in [1.29, 1.82) is 0 Å². The van der Waals surface area contributed by atoms with Crippen molar-refractivity contribution in [3.63, 3.8) is 0 Å². The lowest BCUT2D eigenvalue weighted by molar-refractivity contribution is -0.175. The molecule has 8 atom stereocenters. The van der Waals surface area contributed by atoms with Crippen molar-refractivity contribution in [2.45, 2.75) is 84.0 Å². The zero-order valence-electron chi connectivity index (χ0n) is 18.6. The zero-order chi connectivity index (χ0) is 22.1. The Bertz CT molecular complexity index is 791. The van der Waals surface area contributed by atoms with Crippen LogP contribution in [-0.4, -0.2) is 57.9 Å². The molecule has 0 amide bonds. The molecule has 0 aliphatic heterocycles. The van der Waals surface area contributed by atoms with Crippen molar-refractivity contribution in [3.8, 4) is 0 Å². The summed E-state index contributed by atoms with van der Waals surface area (Å²) in [5, 5.41) is 32.8. The first-order chi connectivity index (χ1) is 13.9. The molecule has 0 radical (unpaired) electrons. The minimum atomic E-state index is -1.20. The Hall–Kier alpha value is -1.08. The van der Waals surface area contributed by atoms with Gasteiger partial charge in [0, 0.05) is 23.4 Å². The molecule has 6 nitrogen and oxygen atoms in total. The molecule has 0 spiro atoms. The molecule has 1 unspecified atom stereocenters. The Morgan fingerprint density at radius 2 is 1.77 bits per heavy atom. The number of carbonyl (C=O) groups is 2. The van der Waals surface area contributed by atoms with Crippen LogP contribution < -0.4 is 0 Å². The molecule has 4 aliphatic rings. The van der Waals surface area contributed by atoms with Crippen LogP contribution >= 0.6 is 0 Å². The van der Waals surface area contributed by atoms with Crippen LogP contribution in [0.25, 0.3) is 0 Å². The van der Waals surface area contributed by atoms with E-state index in [1.54, 1.807) is 6.08 Å². The van der Waals surface area contributed by atoms with Crippen molar-refractivity contribution < 1.29 is 29.6 Å². The van der Waals surface area contributed by atoms with E-state index in [1.165, 1.54) is 0 Å². The first-order valence-corrected chi connectivity index (χ1v) is 11.4. The number of hydrogen-bond donors (Lipinski definition) is 3. The Morgan fingerprint density at radius 3 is 2.43 bits per heavy atom. The summed E-state index contributed by atoms with van der Waals surface area (Å²) >= 11 is 0. The van der Waals surface area contributed by atoms with Gasteiger partial charge < -0.3 is 20.1 Å². The fourth-order valence-corrected chi connectivity index (χ4v) is 7.48. The number of rotatable bonds is 4. The summed E-state index contributed by atoms with van der Waals surface area (Å²) in [7, 11) is 0. The fourth-order valence-electron chi connectivity index (χ4n) is 7.48. The number of ketones is 2. The largest absolute Gasteiger partial charge is 0.390 e. The van der Waals surface area contributed by atoms with Crippen LogP contribution in [0.3, 0.4) is 0 Å². The molecule has 0 aromatic rings. The number of carbonyl (C=O) groups excluding carboxylic acids is 2. The fraction of sp³-hybridized carbons (Fsp3) is 0.833. The second kappa shape index (κ2) is 6.96. The van der Waals surface area contributed by atoms with Crippen molar-refractivity contribution >= 4 is 11.6 Å². The molecule has 168 valence electrons. The van der Waals surface area contributed by atoms with Crippen LogP contribution in [-0.2, 0) is 14.3 Å². The highest BCUT2D eigenvalue weighted by molar-refractivity contribution is 5.98. The minimum Gasteiger partial charge on any atom is -0.390 e. The summed E-state index contributed by atoms with van der Waals surface area (Å²) in [6.45, 7) is 8.33. The number of ether oxygens (including phenoxy) is 1. The van der Waals surface area contributed by atoms with Gasteiger partial charge in [-0.25, -0.2) is 0 Å². The van der Waals surface area contributed by atoms with E-state index in [0.29, 0.717) is 32.3 Å². The van der Waals surface area contributed by atoms with Crippen molar-refractivity contribution in [2.24, 2.45) is 28.1 Å². The van der Waals surface area contributed by atoms with Gasteiger partial charge in [0.15, 0.2) is 11.6 Å². The van der Waals surface area contributed by atoms with E-state index < -0.39 is 34.1 Å². The van der Waals surface area contributed by atoms with Gasteiger partial charge in [-0.1, -0.05) is 20.8 Å². The van der Waals surface area contributed by atoms with Crippen LogP contribution in [0.15, 0.2) is 11.6 Å². The minimum absolute atomic E-state index is 0.0312. The summed E-state index contributed by atoms with van der Waals surface area (Å²) in [5.74, 6) is -0.389. The number of Topliss-reactive ketones (excluding diaryl/α,β-unsaturated/α-hetero) is 1. The van der Waals surface area contributed by atoms with Crippen LogP contribution in [0.5, 0.6) is 0 Å². The second-order valence-corrected chi connectivity index (χ2v) is 10.8. The molecular formula is C24H36O6. The molecule has 30 heavy (non-hydrogen) atoms. The van der Waals surface area contributed by atoms with E-state index in [0.717, 1.165) is 12.0 Å². The number of aliphatic hydroxyl groups excluding tert-OH is 2. The summed E-state index contributed by atoms with van der Waals surface area (Å²) in [5.41, 5.74) is -2.40. The van der Waals surface area contributed by atoms with Gasteiger partial charge >= 0.3 is 0 Å². The van der Waals surface area contributed by atoms with Crippen molar-refractivity contribution in [1.82, 2.24) is 0 Å². The SMILES string of the molecule is CCOCC(=O)[C@H]1CC[C@@]2(O)C3=CC(=O)[C@]4(C)C[C@@H](O)[C@@H](O)C[C@]4(C)C3CC[C@]12C. The quantitative estimate of drug-likeness (QED) is 0.644. The molecule has 6 heteroatoms. The van der Waals surface area contributed by atoms with Crippen LogP contribution in [0, 0.1) is 28.1 Å². The maximum atomic E-state index is 13.4. The smallest absolute Gasteiger partial charge is 0.162 e. The Balaban J connectivity index is 1.75. The Kier molecular flexibility index (Phi) is 5.13. The van der Waals surface area contributed by atoms with E-state index in [1.807, 2.05) is 27.7 Å². The zero-order valence-corrected chi connectivity index (χ0v) is 18.6. The highest BCUT2D eigenvalue weighted by Crippen LogP contribution is 2.69. The van der Waals surface area contributed by atoms with Crippen LogP contribution in [0.2, 0.25) is 0 Å². The molecule has 0 bridgehead atoms. The lowest BCUT2D eigenvalue weighted by Gasteiger charge is -2.63. The van der Waals surface area contributed by atoms with Gasteiger partial charge in [-0.2, -0.15) is 0 Å². The number of fused-ring (bicyclic) bond motifs is 5. The first kappa shape index (κ1) is 22.1. The molecular weight excluding hydrogens is 384 g/mol.